The molecule has 0 radical (unpaired) electrons. The predicted octanol–water partition coefficient (Wildman–Crippen LogP) is 2.12. The van der Waals surface area contributed by atoms with Gasteiger partial charge in [0.05, 0.1) is 25.2 Å². The standard InChI is InChI=1S/C14H11N3O3/c1-19-12-13(18)16-8-17-14(12)20-10-6-9-4-2-3-5-11(9)15-7-10/h2-8H,1H3,(H,16,17,18). The van der Waals surface area contributed by atoms with E-state index in [-0.39, 0.29) is 11.6 Å². The molecule has 1 aromatic carbocycles. The second kappa shape index (κ2) is 5.00. The zero-order chi connectivity index (χ0) is 13.9. The van der Waals surface area contributed by atoms with Crippen molar-refractivity contribution in [3.63, 3.8) is 0 Å². The van der Waals surface area contributed by atoms with Crippen LogP contribution in [0.2, 0.25) is 0 Å². The molecule has 0 atom stereocenters. The van der Waals surface area contributed by atoms with Crippen molar-refractivity contribution in [2.75, 3.05) is 7.11 Å². The van der Waals surface area contributed by atoms with Gasteiger partial charge in [0.1, 0.15) is 5.75 Å². The predicted molar refractivity (Wildman–Crippen MR) is 73.2 cm³/mol. The van der Waals surface area contributed by atoms with Crippen molar-refractivity contribution in [2.45, 2.75) is 0 Å². The van der Waals surface area contributed by atoms with Crippen LogP contribution in [0.25, 0.3) is 10.9 Å². The fourth-order valence-electron chi connectivity index (χ4n) is 1.84. The summed E-state index contributed by atoms with van der Waals surface area (Å²) in [5, 5.41) is 0.939. The Labute approximate surface area is 114 Å². The monoisotopic (exact) mass is 269 g/mol. The van der Waals surface area contributed by atoms with Crippen LogP contribution in [0.5, 0.6) is 17.4 Å². The van der Waals surface area contributed by atoms with Gasteiger partial charge in [0.15, 0.2) is 0 Å². The third-order valence-electron chi connectivity index (χ3n) is 2.76. The first-order valence-corrected chi connectivity index (χ1v) is 5.92. The smallest absolute Gasteiger partial charge is 0.297 e. The van der Waals surface area contributed by atoms with Crippen molar-refractivity contribution in [1.29, 1.82) is 0 Å². The highest BCUT2D eigenvalue weighted by Gasteiger charge is 2.11. The van der Waals surface area contributed by atoms with Crippen LogP contribution in [0.3, 0.4) is 0 Å². The first-order chi connectivity index (χ1) is 9.78. The molecule has 0 aliphatic rings. The van der Waals surface area contributed by atoms with E-state index in [1.807, 2.05) is 30.3 Å². The lowest BCUT2D eigenvalue weighted by molar-refractivity contribution is 0.362. The molecule has 0 bridgehead atoms. The quantitative estimate of drug-likeness (QED) is 0.788. The van der Waals surface area contributed by atoms with Crippen molar-refractivity contribution in [1.82, 2.24) is 15.0 Å². The molecule has 0 unspecified atom stereocenters. The van der Waals surface area contributed by atoms with E-state index in [9.17, 15) is 4.79 Å². The van der Waals surface area contributed by atoms with Crippen LogP contribution in [0, 0.1) is 0 Å². The van der Waals surface area contributed by atoms with E-state index in [0.29, 0.717) is 5.75 Å². The van der Waals surface area contributed by atoms with Crippen LogP contribution < -0.4 is 15.0 Å². The number of hydrogen-bond acceptors (Lipinski definition) is 5. The van der Waals surface area contributed by atoms with E-state index in [1.165, 1.54) is 13.4 Å². The molecule has 0 spiro atoms. The highest BCUT2D eigenvalue weighted by Crippen LogP contribution is 2.26. The summed E-state index contributed by atoms with van der Waals surface area (Å²) in [6, 6.07) is 9.49. The molecular weight excluding hydrogens is 258 g/mol. The Morgan fingerprint density at radius 1 is 1.20 bits per heavy atom. The average Bonchev–Trinajstić information content (AvgIpc) is 2.47. The fourth-order valence-corrected chi connectivity index (χ4v) is 1.84. The minimum absolute atomic E-state index is 0.0284. The van der Waals surface area contributed by atoms with Gasteiger partial charge in [-0.3, -0.25) is 9.78 Å². The number of para-hydroxylation sites is 1. The number of pyridine rings is 1. The zero-order valence-electron chi connectivity index (χ0n) is 10.7. The van der Waals surface area contributed by atoms with Crippen LogP contribution in [0.1, 0.15) is 0 Å². The van der Waals surface area contributed by atoms with Crippen molar-refractivity contribution in [3.8, 4) is 17.4 Å². The van der Waals surface area contributed by atoms with Gasteiger partial charge in [0, 0.05) is 5.39 Å². The summed E-state index contributed by atoms with van der Waals surface area (Å²) in [5.74, 6) is 0.620. The van der Waals surface area contributed by atoms with Gasteiger partial charge in [-0.25, -0.2) is 4.98 Å². The normalized spacial score (nSPS) is 10.4. The highest BCUT2D eigenvalue weighted by molar-refractivity contribution is 5.79. The summed E-state index contributed by atoms with van der Waals surface area (Å²) < 4.78 is 10.6. The molecule has 6 nitrogen and oxygen atoms in total. The topological polar surface area (TPSA) is 77.1 Å². The highest BCUT2D eigenvalue weighted by atomic mass is 16.5. The van der Waals surface area contributed by atoms with Gasteiger partial charge in [-0.2, -0.15) is 0 Å². The third-order valence-corrected chi connectivity index (χ3v) is 2.76. The van der Waals surface area contributed by atoms with Crippen LogP contribution in [0.4, 0.5) is 0 Å². The molecule has 2 aromatic heterocycles. The molecule has 6 heteroatoms. The summed E-state index contributed by atoms with van der Waals surface area (Å²) in [4.78, 5) is 22.2. The van der Waals surface area contributed by atoms with Crippen molar-refractivity contribution in [3.05, 3.63) is 53.2 Å². The summed E-state index contributed by atoms with van der Waals surface area (Å²) >= 11 is 0. The first-order valence-electron chi connectivity index (χ1n) is 5.92. The number of H-pyrrole nitrogens is 1. The van der Waals surface area contributed by atoms with Gasteiger partial charge < -0.3 is 14.5 Å². The van der Waals surface area contributed by atoms with E-state index in [2.05, 4.69) is 15.0 Å². The van der Waals surface area contributed by atoms with Gasteiger partial charge >= 0.3 is 0 Å². The van der Waals surface area contributed by atoms with Gasteiger partial charge in [-0.15, -0.1) is 0 Å². The molecule has 20 heavy (non-hydrogen) atoms. The van der Waals surface area contributed by atoms with Gasteiger partial charge in [0.25, 0.3) is 11.4 Å². The number of fused-ring (bicyclic) bond motifs is 1. The molecular formula is C14H11N3O3. The van der Waals surface area contributed by atoms with Gasteiger partial charge in [-0.05, 0) is 12.1 Å². The van der Waals surface area contributed by atoms with E-state index >= 15 is 0 Å². The lowest BCUT2D eigenvalue weighted by atomic mass is 10.2. The maximum absolute atomic E-state index is 11.6. The molecule has 0 aliphatic carbocycles. The number of rotatable bonds is 3. The van der Waals surface area contributed by atoms with Crippen LogP contribution in [0.15, 0.2) is 47.7 Å². The Kier molecular flexibility index (Phi) is 3.04. The summed E-state index contributed by atoms with van der Waals surface area (Å²) in [6.07, 6.45) is 2.83. The minimum Gasteiger partial charge on any atom is -0.487 e. The summed E-state index contributed by atoms with van der Waals surface area (Å²) in [6.45, 7) is 0. The molecule has 3 rings (SSSR count). The zero-order valence-corrected chi connectivity index (χ0v) is 10.7. The van der Waals surface area contributed by atoms with E-state index in [0.717, 1.165) is 10.9 Å². The molecule has 0 saturated heterocycles. The number of benzene rings is 1. The van der Waals surface area contributed by atoms with E-state index in [1.54, 1.807) is 6.20 Å². The van der Waals surface area contributed by atoms with Gasteiger partial charge in [0.2, 0.25) is 5.75 Å². The number of aromatic amines is 1. The second-order valence-corrected chi connectivity index (χ2v) is 4.04. The molecule has 0 fully saturated rings. The van der Waals surface area contributed by atoms with Crippen LogP contribution in [-0.2, 0) is 0 Å². The number of methoxy groups -OCH3 is 1. The Bertz CT molecular complexity index is 814. The number of hydrogen-bond donors (Lipinski definition) is 1. The third kappa shape index (κ3) is 2.18. The molecule has 0 saturated carbocycles. The molecule has 2 heterocycles. The molecule has 3 aromatic rings. The number of aromatic nitrogens is 3. The average molecular weight is 269 g/mol. The molecule has 1 N–H and O–H groups in total. The maximum atomic E-state index is 11.6. The Balaban J connectivity index is 2.01. The Hall–Kier alpha value is -2.89. The maximum Gasteiger partial charge on any atom is 0.297 e. The van der Waals surface area contributed by atoms with Crippen molar-refractivity contribution >= 4 is 10.9 Å². The number of nitrogens with one attached hydrogen (secondary N) is 1. The second-order valence-electron chi connectivity index (χ2n) is 4.04. The van der Waals surface area contributed by atoms with E-state index in [4.69, 9.17) is 9.47 Å². The van der Waals surface area contributed by atoms with Crippen LogP contribution in [-0.4, -0.2) is 22.1 Å². The van der Waals surface area contributed by atoms with E-state index < -0.39 is 5.56 Å². The summed E-state index contributed by atoms with van der Waals surface area (Å²) in [7, 11) is 1.39. The van der Waals surface area contributed by atoms with Gasteiger partial charge in [-0.1, -0.05) is 18.2 Å². The lowest BCUT2D eigenvalue weighted by Crippen LogP contribution is -2.10. The number of ether oxygens (including phenoxy) is 2. The minimum atomic E-state index is -0.397. The van der Waals surface area contributed by atoms with Crippen LogP contribution >= 0.6 is 0 Å². The Morgan fingerprint density at radius 3 is 2.90 bits per heavy atom. The lowest BCUT2D eigenvalue weighted by Gasteiger charge is -2.08. The molecule has 0 amide bonds. The molecule has 0 aliphatic heterocycles. The summed E-state index contributed by atoms with van der Waals surface area (Å²) in [5.41, 5.74) is 0.469. The Morgan fingerprint density at radius 2 is 2.05 bits per heavy atom. The fraction of sp³-hybridized carbons (Fsp3) is 0.0714. The first kappa shape index (κ1) is 12.2. The van der Waals surface area contributed by atoms with Crippen molar-refractivity contribution < 1.29 is 9.47 Å². The number of nitrogens with zero attached hydrogens (tertiary/aromatic N) is 2. The van der Waals surface area contributed by atoms with Crippen molar-refractivity contribution in [2.24, 2.45) is 0 Å². The largest absolute Gasteiger partial charge is 0.487 e. The molecule has 100 valence electrons. The SMILES string of the molecule is COc1c(Oc2cnc3ccccc3c2)nc[nH]c1=O.